The van der Waals surface area contributed by atoms with Gasteiger partial charge in [-0.05, 0) is 31.5 Å². The van der Waals surface area contributed by atoms with Crippen molar-refractivity contribution in [3.05, 3.63) is 47.0 Å². The Morgan fingerprint density at radius 2 is 2.20 bits per heavy atom. The summed E-state index contributed by atoms with van der Waals surface area (Å²) in [5.74, 6) is -0.233. The van der Waals surface area contributed by atoms with Gasteiger partial charge in [0.1, 0.15) is 0 Å². The first-order valence-electron chi connectivity index (χ1n) is 6.60. The molecular formula is C15H19FN2O2. The second kappa shape index (κ2) is 6.05. The lowest BCUT2D eigenvalue weighted by atomic mass is 10.0. The zero-order chi connectivity index (χ0) is 14.7. The van der Waals surface area contributed by atoms with Crippen molar-refractivity contribution in [2.45, 2.75) is 32.9 Å². The zero-order valence-corrected chi connectivity index (χ0v) is 11.9. The fraction of sp³-hybridized carbons (Fsp3) is 0.400. The minimum Gasteiger partial charge on any atom is -0.494 e. The number of aryl methyl sites for hydroxylation is 2. The van der Waals surface area contributed by atoms with Crippen LogP contribution in [0.5, 0.6) is 5.75 Å². The Hall–Kier alpha value is -1.88. The third-order valence-corrected chi connectivity index (χ3v) is 3.25. The van der Waals surface area contributed by atoms with E-state index in [-0.39, 0.29) is 12.2 Å². The number of hydrogen-bond donors (Lipinski definition) is 1. The van der Waals surface area contributed by atoms with Crippen LogP contribution in [0, 0.1) is 12.7 Å². The van der Waals surface area contributed by atoms with E-state index in [2.05, 4.69) is 5.10 Å². The van der Waals surface area contributed by atoms with Crippen LogP contribution in [-0.2, 0) is 13.0 Å². The maximum atomic E-state index is 14.1. The molecule has 4 nitrogen and oxygen atoms in total. The molecule has 1 aromatic heterocycles. The van der Waals surface area contributed by atoms with Gasteiger partial charge in [0.15, 0.2) is 11.6 Å². The Morgan fingerprint density at radius 1 is 1.45 bits per heavy atom. The molecule has 1 heterocycles. The van der Waals surface area contributed by atoms with Crippen molar-refractivity contribution in [1.82, 2.24) is 9.78 Å². The third-order valence-electron chi connectivity index (χ3n) is 3.25. The highest BCUT2D eigenvalue weighted by Gasteiger charge is 2.18. The Bertz CT molecular complexity index is 596. The first-order valence-corrected chi connectivity index (χ1v) is 6.60. The molecule has 2 rings (SSSR count). The van der Waals surface area contributed by atoms with Gasteiger partial charge in [0, 0.05) is 13.0 Å². The number of rotatable bonds is 5. The average molecular weight is 278 g/mol. The van der Waals surface area contributed by atoms with Crippen molar-refractivity contribution in [3.8, 4) is 5.75 Å². The van der Waals surface area contributed by atoms with Gasteiger partial charge in [-0.3, -0.25) is 4.68 Å². The highest BCUT2D eigenvalue weighted by molar-refractivity contribution is 5.32. The quantitative estimate of drug-likeness (QED) is 0.914. The van der Waals surface area contributed by atoms with E-state index in [1.165, 1.54) is 7.11 Å². The normalized spacial score (nSPS) is 12.4. The van der Waals surface area contributed by atoms with E-state index in [9.17, 15) is 9.50 Å². The molecule has 1 N–H and O–H groups in total. The second-order valence-corrected chi connectivity index (χ2v) is 4.68. The number of aromatic nitrogens is 2. The number of hydrogen-bond acceptors (Lipinski definition) is 3. The monoisotopic (exact) mass is 278 g/mol. The molecule has 0 fully saturated rings. The van der Waals surface area contributed by atoms with Gasteiger partial charge in [0.2, 0.25) is 0 Å². The van der Waals surface area contributed by atoms with E-state index in [0.29, 0.717) is 17.8 Å². The van der Waals surface area contributed by atoms with E-state index in [1.54, 1.807) is 22.9 Å². The number of aliphatic hydroxyl groups is 1. The Labute approximate surface area is 117 Å². The van der Waals surface area contributed by atoms with E-state index in [0.717, 1.165) is 5.69 Å². The zero-order valence-electron chi connectivity index (χ0n) is 11.9. The predicted molar refractivity (Wildman–Crippen MR) is 74.3 cm³/mol. The molecule has 0 bridgehead atoms. The van der Waals surface area contributed by atoms with Crippen LogP contribution in [0.25, 0.3) is 0 Å². The Morgan fingerprint density at radius 3 is 2.85 bits per heavy atom. The number of nitrogens with zero attached hydrogens (tertiary/aromatic N) is 2. The molecule has 1 unspecified atom stereocenters. The van der Waals surface area contributed by atoms with Crippen molar-refractivity contribution in [2.75, 3.05) is 7.11 Å². The summed E-state index contributed by atoms with van der Waals surface area (Å²) < 4.78 is 20.8. The van der Waals surface area contributed by atoms with Crippen molar-refractivity contribution in [1.29, 1.82) is 0 Å². The van der Waals surface area contributed by atoms with E-state index >= 15 is 0 Å². The van der Waals surface area contributed by atoms with Crippen LogP contribution >= 0.6 is 0 Å². The summed E-state index contributed by atoms with van der Waals surface area (Å²) in [4.78, 5) is 0. The number of methoxy groups -OCH3 is 1. The summed E-state index contributed by atoms with van der Waals surface area (Å²) in [5.41, 5.74) is 1.97. The van der Waals surface area contributed by atoms with E-state index in [4.69, 9.17) is 4.74 Å². The Kier molecular flexibility index (Phi) is 4.39. The minimum atomic E-state index is -0.794. The third kappa shape index (κ3) is 2.82. The molecule has 1 aromatic carbocycles. The first-order chi connectivity index (χ1) is 9.56. The fourth-order valence-corrected chi connectivity index (χ4v) is 2.27. The molecule has 0 saturated heterocycles. The van der Waals surface area contributed by atoms with Gasteiger partial charge in [-0.2, -0.15) is 5.10 Å². The molecule has 20 heavy (non-hydrogen) atoms. The smallest absolute Gasteiger partial charge is 0.168 e. The van der Waals surface area contributed by atoms with Gasteiger partial charge in [0.05, 0.1) is 24.6 Å². The molecular weight excluding hydrogens is 259 g/mol. The summed E-state index contributed by atoms with van der Waals surface area (Å²) in [6.07, 6.45) is -0.605. The number of benzene rings is 1. The van der Waals surface area contributed by atoms with Crippen LogP contribution in [0.3, 0.4) is 0 Å². The SMILES string of the molecule is CCn1nc(C)cc1C(O)Cc1cccc(OC)c1F. The van der Waals surface area contributed by atoms with E-state index < -0.39 is 11.9 Å². The predicted octanol–water partition coefficient (Wildman–Crippen LogP) is 2.64. The molecule has 0 aliphatic carbocycles. The van der Waals surface area contributed by atoms with Gasteiger partial charge in [-0.15, -0.1) is 0 Å². The summed E-state index contributed by atoms with van der Waals surface area (Å²) in [5, 5.41) is 14.6. The van der Waals surface area contributed by atoms with Crippen molar-refractivity contribution in [3.63, 3.8) is 0 Å². The lowest BCUT2D eigenvalue weighted by Crippen LogP contribution is -2.11. The molecule has 0 aliphatic rings. The van der Waals surface area contributed by atoms with Crippen LogP contribution in [-0.4, -0.2) is 22.0 Å². The highest BCUT2D eigenvalue weighted by Crippen LogP contribution is 2.25. The van der Waals surface area contributed by atoms with Crippen molar-refractivity contribution < 1.29 is 14.2 Å². The van der Waals surface area contributed by atoms with Gasteiger partial charge in [0.25, 0.3) is 0 Å². The van der Waals surface area contributed by atoms with Crippen molar-refractivity contribution in [2.24, 2.45) is 0 Å². The summed E-state index contributed by atoms with van der Waals surface area (Å²) in [7, 11) is 1.42. The van der Waals surface area contributed by atoms with E-state index in [1.807, 2.05) is 19.9 Å². The second-order valence-electron chi connectivity index (χ2n) is 4.68. The summed E-state index contributed by atoms with van der Waals surface area (Å²) in [6.45, 7) is 4.49. The van der Waals surface area contributed by atoms with Crippen LogP contribution in [0.4, 0.5) is 4.39 Å². The molecule has 0 radical (unpaired) electrons. The minimum absolute atomic E-state index is 0.189. The largest absolute Gasteiger partial charge is 0.494 e. The highest BCUT2D eigenvalue weighted by atomic mass is 19.1. The first kappa shape index (κ1) is 14.5. The fourth-order valence-electron chi connectivity index (χ4n) is 2.27. The van der Waals surface area contributed by atoms with Crippen LogP contribution in [0.15, 0.2) is 24.3 Å². The molecule has 108 valence electrons. The van der Waals surface area contributed by atoms with Crippen LogP contribution in [0.2, 0.25) is 0 Å². The molecule has 0 saturated carbocycles. The lowest BCUT2D eigenvalue weighted by molar-refractivity contribution is 0.165. The van der Waals surface area contributed by atoms with Gasteiger partial charge in [-0.25, -0.2) is 4.39 Å². The maximum absolute atomic E-state index is 14.1. The number of aliphatic hydroxyl groups excluding tert-OH is 1. The number of ether oxygens (including phenoxy) is 1. The summed E-state index contributed by atoms with van der Waals surface area (Å²) in [6, 6.07) is 6.75. The molecule has 0 amide bonds. The van der Waals surface area contributed by atoms with Gasteiger partial charge >= 0.3 is 0 Å². The van der Waals surface area contributed by atoms with Gasteiger partial charge < -0.3 is 9.84 Å². The molecule has 0 spiro atoms. The molecule has 5 heteroatoms. The molecule has 2 aromatic rings. The Balaban J connectivity index is 2.25. The standard InChI is InChI=1S/C15H19FN2O2/c1-4-18-12(8-10(2)17-18)13(19)9-11-6-5-7-14(20-3)15(11)16/h5-8,13,19H,4,9H2,1-3H3. The molecule has 0 aliphatic heterocycles. The average Bonchev–Trinajstić information content (AvgIpc) is 2.82. The van der Waals surface area contributed by atoms with Crippen molar-refractivity contribution >= 4 is 0 Å². The number of halogens is 1. The van der Waals surface area contributed by atoms with Crippen LogP contribution in [0.1, 0.15) is 30.0 Å². The molecule has 1 atom stereocenters. The lowest BCUT2D eigenvalue weighted by Gasteiger charge is -2.14. The summed E-state index contributed by atoms with van der Waals surface area (Å²) >= 11 is 0. The topological polar surface area (TPSA) is 47.3 Å². The van der Waals surface area contributed by atoms with Crippen LogP contribution < -0.4 is 4.74 Å². The van der Waals surface area contributed by atoms with Gasteiger partial charge in [-0.1, -0.05) is 12.1 Å². The maximum Gasteiger partial charge on any atom is 0.168 e.